The van der Waals surface area contributed by atoms with Gasteiger partial charge < -0.3 is 5.21 Å². The molecule has 1 aliphatic rings. The Kier molecular flexibility index (Phi) is 12.3. The van der Waals surface area contributed by atoms with Gasteiger partial charge >= 0.3 is 16.5 Å². The molecular formula is C12H17ClN6NiO6. The Morgan fingerprint density at radius 2 is 1.81 bits per heavy atom. The first-order valence-electron chi connectivity index (χ1n) is 7.10. The standard InChI is InChI=1S/C12H17N6O2.ClHO4.Ni/c19-15-18(20)17-9-7-16(8-10-17)6-5-13-11-12-3-1-2-4-14-12;2-1(3,4)5;/h1-4,11H,5-10H2;(H,2,3,4,5);/q-1;;+2/p-1. The zero-order chi connectivity index (χ0) is 18.7. The minimum absolute atomic E-state index is 0. The van der Waals surface area contributed by atoms with E-state index in [1.165, 1.54) is 5.01 Å². The second kappa shape index (κ2) is 13.0. The molecule has 148 valence electrons. The molecule has 14 heteroatoms. The zero-order valence-corrected chi connectivity index (χ0v) is 15.2. The quantitative estimate of drug-likeness (QED) is 0.184. The second-order valence-electron chi connectivity index (χ2n) is 4.80. The number of piperazine rings is 1. The molecule has 2 rings (SSSR count). The van der Waals surface area contributed by atoms with E-state index in [-0.39, 0.29) is 21.8 Å². The fraction of sp³-hybridized carbons (Fsp3) is 0.500. The van der Waals surface area contributed by atoms with Crippen molar-refractivity contribution in [3.05, 3.63) is 40.2 Å². The van der Waals surface area contributed by atoms with Gasteiger partial charge in [-0.05, 0) is 12.1 Å². The van der Waals surface area contributed by atoms with Crippen LogP contribution >= 0.6 is 0 Å². The van der Waals surface area contributed by atoms with Crippen LogP contribution in [0.15, 0.2) is 34.7 Å². The Morgan fingerprint density at radius 1 is 1.19 bits per heavy atom. The molecule has 2 heterocycles. The molecule has 0 atom stereocenters. The SMILES string of the molecule is O=NN([O-])N1CCN(CCN=Cc2ccccn2)CC1.[Ni+2].[O-][Cl+3]([O-])([O-])[O-]. The number of halogens is 1. The van der Waals surface area contributed by atoms with E-state index in [1.54, 1.807) is 12.4 Å². The van der Waals surface area contributed by atoms with Crippen molar-refractivity contribution in [2.24, 2.45) is 10.3 Å². The van der Waals surface area contributed by atoms with E-state index in [0.717, 1.165) is 25.3 Å². The van der Waals surface area contributed by atoms with Crippen LogP contribution in [-0.4, -0.2) is 65.7 Å². The maximum atomic E-state index is 11.0. The minimum atomic E-state index is -4.94. The van der Waals surface area contributed by atoms with Crippen molar-refractivity contribution in [3.8, 4) is 0 Å². The van der Waals surface area contributed by atoms with Crippen molar-refractivity contribution in [2.45, 2.75) is 0 Å². The van der Waals surface area contributed by atoms with Crippen molar-refractivity contribution in [3.63, 3.8) is 0 Å². The summed E-state index contributed by atoms with van der Waals surface area (Å²) in [5, 5.41) is 14.9. The largest absolute Gasteiger partial charge is 2.00 e. The number of nitroso groups, excluding NO2 is 1. The summed E-state index contributed by atoms with van der Waals surface area (Å²) in [5.74, 6) is 0. The topological polar surface area (TPSA) is 180 Å². The zero-order valence-electron chi connectivity index (χ0n) is 13.5. The molecule has 1 aromatic heterocycles. The molecule has 0 saturated carbocycles. The first kappa shape index (κ1) is 24.7. The third-order valence-electron chi connectivity index (χ3n) is 3.12. The normalized spacial score (nSPS) is 15.7. The maximum Gasteiger partial charge on any atom is 2.00 e. The smallest absolute Gasteiger partial charge is 0.724 e. The van der Waals surface area contributed by atoms with Crippen molar-refractivity contribution < 1.29 is 45.4 Å². The van der Waals surface area contributed by atoms with Crippen LogP contribution in [0.3, 0.4) is 0 Å². The Balaban J connectivity index is 0.000000923. The molecule has 1 aromatic rings. The van der Waals surface area contributed by atoms with Crippen LogP contribution in [-0.2, 0) is 16.5 Å². The number of hydrogen-bond acceptors (Lipinski definition) is 11. The summed E-state index contributed by atoms with van der Waals surface area (Å²) in [6, 6.07) is 5.69. The molecular weight excluding hydrogens is 418 g/mol. The second-order valence-corrected chi connectivity index (χ2v) is 5.55. The predicted octanol–water partition coefficient (Wildman–Crippen LogP) is -4.24. The summed E-state index contributed by atoms with van der Waals surface area (Å²) >= 11 is 0. The molecule has 0 radical (unpaired) electrons. The van der Waals surface area contributed by atoms with Crippen LogP contribution in [0.5, 0.6) is 0 Å². The van der Waals surface area contributed by atoms with Crippen LogP contribution in [0, 0.1) is 20.4 Å². The molecule has 0 spiro atoms. The Morgan fingerprint density at radius 3 is 2.31 bits per heavy atom. The maximum absolute atomic E-state index is 11.0. The molecule has 0 bridgehead atoms. The number of nitrogens with zero attached hydrogens (tertiary/aromatic N) is 6. The third-order valence-corrected chi connectivity index (χ3v) is 3.12. The summed E-state index contributed by atoms with van der Waals surface area (Å²) < 4.78 is 34.0. The summed E-state index contributed by atoms with van der Waals surface area (Å²) in [4.78, 5) is 20.8. The van der Waals surface area contributed by atoms with Crippen LogP contribution < -0.4 is 18.6 Å². The number of rotatable bonds is 6. The van der Waals surface area contributed by atoms with Crippen molar-refractivity contribution in [2.75, 3.05) is 39.3 Å². The molecule has 1 saturated heterocycles. The van der Waals surface area contributed by atoms with Gasteiger partial charge in [-0.3, -0.25) is 20.2 Å². The van der Waals surface area contributed by atoms with E-state index < -0.39 is 10.2 Å². The van der Waals surface area contributed by atoms with Gasteiger partial charge in [0.05, 0.1) is 17.5 Å². The summed E-state index contributed by atoms with van der Waals surface area (Å²) in [6.07, 6.45) is 3.49. The van der Waals surface area contributed by atoms with Crippen LogP contribution in [0.1, 0.15) is 5.69 Å². The summed E-state index contributed by atoms with van der Waals surface area (Å²) in [5.41, 5.74) is 0.844. The number of pyridine rings is 1. The molecule has 0 amide bonds. The first-order valence-corrected chi connectivity index (χ1v) is 8.33. The average molecular weight is 435 g/mol. The van der Waals surface area contributed by atoms with Gasteiger partial charge in [-0.25, -0.2) is 23.6 Å². The average Bonchev–Trinajstić information content (AvgIpc) is 2.58. The van der Waals surface area contributed by atoms with Crippen LogP contribution in [0.4, 0.5) is 0 Å². The van der Waals surface area contributed by atoms with E-state index in [1.807, 2.05) is 18.2 Å². The van der Waals surface area contributed by atoms with E-state index in [0.29, 0.717) is 19.6 Å². The fourth-order valence-corrected chi connectivity index (χ4v) is 1.99. The van der Waals surface area contributed by atoms with E-state index in [4.69, 9.17) is 18.6 Å². The van der Waals surface area contributed by atoms with Gasteiger partial charge in [0.2, 0.25) is 0 Å². The number of aromatic nitrogens is 1. The van der Waals surface area contributed by atoms with Crippen LogP contribution in [0.25, 0.3) is 0 Å². The van der Waals surface area contributed by atoms with Gasteiger partial charge in [0, 0.05) is 45.1 Å². The number of aliphatic imine (C=N–C) groups is 1. The molecule has 26 heavy (non-hydrogen) atoms. The van der Waals surface area contributed by atoms with E-state index in [2.05, 4.69) is 20.2 Å². The number of hydrazine groups is 1. The van der Waals surface area contributed by atoms with Gasteiger partial charge in [-0.15, -0.1) is 15.2 Å². The van der Waals surface area contributed by atoms with E-state index >= 15 is 0 Å². The molecule has 0 unspecified atom stereocenters. The predicted molar refractivity (Wildman–Crippen MR) is 75.7 cm³/mol. The molecule has 12 nitrogen and oxygen atoms in total. The minimum Gasteiger partial charge on any atom is -0.724 e. The monoisotopic (exact) mass is 434 g/mol. The molecule has 1 aliphatic heterocycles. The molecule has 0 aliphatic carbocycles. The van der Waals surface area contributed by atoms with Gasteiger partial charge in [0.25, 0.3) is 0 Å². The first-order chi connectivity index (χ1) is 11.8. The van der Waals surface area contributed by atoms with Gasteiger partial charge in [-0.2, -0.15) is 0 Å². The summed E-state index contributed by atoms with van der Waals surface area (Å²) in [6.45, 7) is 3.99. The summed E-state index contributed by atoms with van der Waals surface area (Å²) in [7, 11) is -4.94. The Hall–Kier alpha value is -1.28. The van der Waals surface area contributed by atoms with Gasteiger partial charge in [0.1, 0.15) is 0 Å². The van der Waals surface area contributed by atoms with Crippen molar-refractivity contribution >= 4 is 6.21 Å². The van der Waals surface area contributed by atoms with Crippen molar-refractivity contribution in [1.82, 2.24) is 20.2 Å². The van der Waals surface area contributed by atoms with Crippen LogP contribution in [0.2, 0.25) is 0 Å². The number of hydrogen-bond donors (Lipinski definition) is 0. The van der Waals surface area contributed by atoms with Gasteiger partial charge in [-0.1, -0.05) is 6.07 Å². The fourth-order valence-electron chi connectivity index (χ4n) is 1.99. The van der Waals surface area contributed by atoms with Crippen molar-refractivity contribution in [1.29, 1.82) is 0 Å². The Labute approximate surface area is 161 Å². The molecule has 0 N–H and O–H groups in total. The molecule has 1 fully saturated rings. The third kappa shape index (κ3) is 12.1. The molecule has 0 aromatic carbocycles. The van der Waals surface area contributed by atoms with E-state index in [9.17, 15) is 10.1 Å². The van der Waals surface area contributed by atoms with Gasteiger partial charge in [0.15, 0.2) is 0 Å². The Bertz CT molecular complexity index is 523.